The van der Waals surface area contributed by atoms with Gasteiger partial charge in [0.2, 0.25) is 5.91 Å². The van der Waals surface area contributed by atoms with Crippen LogP contribution in [0, 0.1) is 5.92 Å². The summed E-state index contributed by atoms with van der Waals surface area (Å²) in [7, 11) is 0. The molecule has 0 aliphatic carbocycles. The van der Waals surface area contributed by atoms with Gasteiger partial charge in [-0.1, -0.05) is 29.8 Å². The molecule has 1 aliphatic heterocycles. The Labute approximate surface area is 107 Å². The van der Waals surface area contributed by atoms with Gasteiger partial charge in [-0.3, -0.25) is 4.79 Å². The highest BCUT2D eigenvalue weighted by molar-refractivity contribution is 9.09. The van der Waals surface area contributed by atoms with Crippen molar-refractivity contribution < 1.29 is 4.79 Å². The first kappa shape index (κ1) is 14.0. The molecule has 0 atom stereocenters. The van der Waals surface area contributed by atoms with E-state index >= 15 is 0 Å². The second-order valence-corrected chi connectivity index (χ2v) is 5.66. The summed E-state index contributed by atoms with van der Waals surface area (Å²) >= 11 is 3.46. The molecule has 1 heterocycles. The summed E-state index contributed by atoms with van der Waals surface area (Å²) in [5.74, 6) is 0.796. The Hall–Kier alpha value is -0.0900. The number of carbonyl (C=O) groups excluding carboxylic acids is 1. The molecule has 1 rings (SSSR count). The SMILES string of the molecule is CC(C)CC(=O)N1CCCN(CCBr)CC1. The molecule has 4 heteroatoms. The van der Waals surface area contributed by atoms with Crippen LogP contribution < -0.4 is 0 Å². The Morgan fingerprint density at radius 2 is 2.00 bits per heavy atom. The molecule has 0 aromatic carbocycles. The summed E-state index contributed by atoms with van der Waals surface area (Å²) in [4.78, 5) is 16.4. The van der Waals surface area contributed by atoms with Crippen molar-refractivity contribution in [1.29, 1.82) is 0 Å². The third-order valence-corrected chi connectivity index (χ3v) is 3.28. The van der Waals surface area contributed by atoms with Crippen LogP contribution in [0.5, 0.6) is 0 Å². The Kier molecular flexibility index (Phi) is 6.36. The molecule has 0 N–H and O–H groups in total. The quantitative estimate of drug-likeness (QED) is 0.739. The molecule has 1 saturated heterocycles. The molecule has 0 aromatic heterocycles. The van der Waals surface area contributed by atoms with Gasteiger partial charge < -0.3 is 9.80 Å². The number of hydrogen-bond acceptors (Lipinski definition) is 2. The first-order chi connectivity index (χ1) is 7.63. The molecule has 3 nitrogen and oxygen atoms in total. The zero-order valence-corrected chi connectivity index (χ0v) is 12.0. The van der Waals surface area contributed by atoms with Gasteiger partial charge >= 0.3 is 0 Å². The Morgan fingerprint density at radius 3 is 2.62 bits per heavy atom. The Bertz CT molecular complexity index is 221. The van der Waals surface area contributed by atoms with E-state index in [0.717, 1.165) is 44.5 Å². The summed E-state index contributed by atoms with van der Waals surface area (Å²) < 4.78 is 0. The van der Waals surface area contributed by atoms with E-state index in [9.17, 15) is 4.79 Å². The van der Waals surface area contributed by atoms with Crippen LogP contribution in [0.2, 0.25) is 0 Å². The van der Waals surface area contributed by atoms with Crippen LogP contribution in [0.25, 0.3) is 0 Å². The topological polar surface area (TPSA) is 23.6 Å². The van der Waals surface area contributed by atoms with E-state index in [2.05, 4.69) is 34.7 Å². The summed E-state index contributed by atoms with van der Waals surface area (Å²) in [5, 5.41) is 1.02. The van der Waals surface area contributed by atoms with Crippen molar-refractivity contribution in [3.05, 3.63) is 0 Å². The molecular formula is C12H23BrN2O. The van der Waals surface area contributed by atoms with Crippen molar-refractivity contribution in [3.8, 4) is 0 Å². The van der Waals surface area contributed by atoms with Gasteiger partial charge in [0, 0.05) is 37.9 Å². The number of nitrogens with zero attached hydrogens (tertiary/aromatic N) is 2. The minimum Gasteiger partial charge on any atom is -0.341 e. The van der Waals surface area contributed by atoms with E-state index in [0.29, 0.717) is 18.2 Å². The lowest BCUT2D eigenvalue weighted by Crippen LogP contribution is -2.36. The van der Waals surface area contributed by atoms with E-state index in [4.69, 9.17) is 0 Å². The first-order valence-corrected chi connectivity index (χ1v) is 7.31. The van der Waals surface area contributed by atoms with Gasteiger partial charge in [0.05, 0.1) is 0 Å². The molecule has 0 unspecified atom stereocenters. The van der Waals surface area contributed by atoms with Crippen molar-refractivity contribution in [1.82, 2.24) is 9.80 Å². The fourth-order valence-electron chi connectivity index (χ4n) is 2.04. The summed E-state index contributed by atoms with van der Waals surface area (Å²) in [6.07, 6.45) is 1.80. The van der Waals surface area contributed by atoms with Crippen LogP contribution in [0.3, 0.4) is 0 Å². The summed E-state index contributed by atoms with van der Waals surface area (Å²) in [5.41, 5.74) is 0. The van der Waals surface area contributed by atoms with Gasteiger partial charge in [0.1, 0.15) is 0 Å². The maximum atomic E-state index is 11.9. The first-order valence-electron chi connectivity index (χ1n) is 6.19. The minimum absolute atomic E-state index is 0.329. The fraction of sp³-hybridized carbons (Fsp3) is 0.917. The number of alkyl halides is 1. The van der Waals surface area contributed by atoms with Gasteiger partial charge in [0.15, 0.2) is 0 Å². The van der Waals surface area contributed by atoms with E-state index < -0.39 is 0 Å². The number of carbonyl (C=O) groups is 1. The predicted octanol–water partition coefficient (Wildman–Crippen LogP) is 1.96. The maximum absolute atomic E-state index is 11.9. The van der Waals surface area contributed by atoms with Gasteiger partial charge in [0.25, 0.3) is 0 Å². The molecule has 0 bridgehead atoms. The fourth-order valence-corrected chi connectivity index (χ4v) is 2.54. The highest BCUT2D eigenvalue weighted by Gasteiger charge is 2.18. The molecule has 1 amide bonds. The maximum Gasteiger partial charge on any atom is 0.222 e. The van der Waals surface area contributed by atoms with Crippen molar-refractivity contribution in [2.45, 2.75) is 26.7 Å². The average Bonchev–Trinajstić information content (AvgIpc) is 2.43. The van der Waals surface area contributed by atoms with E-state index in [1.807, 2.05) is 4.90 Å². The van der Waals surface area contributed by atoms with Crippen LogP contribution in [0.1, 0.15) is 26.7 Å². The van der Waals surface area contributed by atoms with Crippen LogP contribution in [0.4, 0.5) is 0 Å². The second kappa shape index (κ2) is 7.28. The molecule has 1 fully saturated rings. The van der Waals surface area contributed by atoms with Crippen LogP contribution in [0.15, 0.2) is 0 Å². The average molecular weight is 291 g/mol. The van der Waals surface area contributed by atoms with E-state index in [-0.39, 0.29) is 0 Å². The number of rotatable bonds is 4. The monoisotopic (exact) mass is 290 g/mol. The highest BCUT2D eigenvalue weighted by Crippen LogP contribution is 2.08. The molecule has 0 saturated carbocycles. The van der Waals surface area contributed by atoms with Crippen LogP contribution in [-0.2, 0) is 4.79 Å². The lowest BCUT2D eigenvalue weighted by Gasteiger charge is -2.22. The lowest BCUT2D eigenvalue weighted by molar-refractivity contribution is -0.131. The zero-order valence-electron chi connectivity index (χ0n) is 10.4. The highest BCUT2D eigenvalue weighted by atomic mass is 79.9. The third-order valence-electron chi connectivity index (χ3n) is 2.92. The summed E-state index contributed by atoms with van der Waals surface area (Å²) in [6, 6.07) is 0. The van der Waals surface area contributed by atoms with E-state index in [1.165, 1.54) is 0 Å². The standard InChI is InChI=1S/C12H23BrN2O/c1-11(2)10-12(16)15-6-3-5-14(7-4-13)8-9-15/h11H,3-10H2,1-2H3. The Balaban J connectivity index is 2.37. The molecule has 16 heavy (non-hydrogen) atoms. The largest absolute Gasteiger partial charge is 0.341 e. The number of amides is 1. The van der Waals surface area contributed by atoms with Crippen LogP contribution in [-0.4, -0.2) is 53.8 Å². The molecule has 94 valence electrons. The minimum atomic E-state index is 0.329. The molecule has 0 aromatic rings. The zero-order chi connectivity index (χ0) is 12.0. The van der Waals surface area contributed by atoms with Gasteiger partial charge in [-0.05, 0) is 18.9 Å². The number of hydrogen-bond donors (Lipinski definition) is 0. The summed E-state index contributed by atoms with van der Waals surface area (Å²) in [6.45, 7) is 9.28. The second-order valence-electron chi connectivity index (χ2n) is 4.86. The lowest BCUT2D eigenvalue weighted by atomic mass is 10.1. The van der Waals surface area contributed by atoms with Crippen molar-refractivity contribution in [2.24, 2.45) is 5.92 Å². The normalized spacial score (nSPS) is 18.9. The molecule has 0 spiro atoms. The van der Waals surface area contributed by atoms with E-state index in [1.54, 1.807) is 0 Å². The molecule has 1 aliphatic rings. The van der Waals surface area contributed by atoms with Gasteiger partial charge in [-0.25, -0.2) is 0 Å². The van der Waals surface area contributed by atoms with Gasteiger partial charge in [-0.2, -0.15) is 0 Å². The molecule has 0 radical (unpaired) electrons. The Morgan fingerprint density at radius 1 is 1.25 bits per heavy atom. The predicted molar refractivity (Wildman–Crippen MR) is 70.9 cm³/mol. The third kappa shape index (κ3) is 4.83. The smallest absolute Gasteiger partial charge is 0.222 e. The van der Waals surface area contributed by atoms with Crippen molar-refractivity contribution in [3.63, 3.8) is 0 Å². The van der Waals surface area contributed by atoms with Crippen molar-refractivity contribution >= 4 is 21.8 Å². The number of halogens is 1. The van der Waals surface area contributed by atoms with Crippen molar-refractivity contribution in [2.75, 3.05) is 38.1 Å². The van der Waals surface area contributed by atoms with Crippen LogP contribution >= 0.6 is 15.9 Å². The van der Waals surface area contributed by atoms with Gasteiger partial charge in [-0.15, -0.1) is 0 Å². The molecular weight excluding hydrogens is 268 g/mol.